The van der Waals surface area contributed by atoms with Crippen LogP contribution in [0.1, 0.15) is 56.6 Å². The number of nitrogens with zero attached hydrogens (tertiary/aromatic N) is 5. The summed E-state index contributed by atoms with van der Waals surface area (Å²) in [5.41, 5.74) is 0. The zero-order chi connectivity index (χ0) is 21.5. The van der Waals surface area contributed by atoms with Crippen molar-refractivity contribution in [1.82, 2.24) is 25.0 Å². The number of aliphatic imine (C=N–C) groups is 1. The fourth-order valence-corrected chi connectivity index (χ4v) is 4.43. The van der Waals surface area contributed by atoms with Gasteiger partial charge >= 0.3 is 0 Å². The molecule has 0 aliphatic carbocycles. The first-order valence-corrected chi connectivity index (χ1v) is 11.9. The SMILES string of the molecule is Cc1nnc(CN=C(NCC2CCCO2)N2CCC(OCC3CCCCO3)CC2)n1C. The van der Waals surface area contributed by atoms with Crippen LogP contribution in [0.3, 0.4) is 0 Å². The predicted molar refractivity (Wildman–Crippen MR) is 118 cm³/mol. The molecule has 3 fully saturated rings. The summed E-state index contributed by atoms with van der Waals surface area (Å²) in [4.78, 5) is 7.23. The number of rotatable bonds is 7. The number of ether oxygens (including phenoxy) is 3. The highest BCUT2D eigenvalue weighted by Gasteiger charge is 2.25. The molecule has 0 bridgehead atoms. The maximum absolute atomic E-state index is 6.19. The van der Waals surface area contributed by atoms with Crippen LogP contribution in [0.5, 0.6) is 0 Å². The number of piperidine rings is 1. The smallest absolute Gasteiger partial charge is 0.194 e. The molecule has 1 aromatic rings. The number of aryl methyl sites for hydroxylation is 1. The van der Waals surface area contributed by atoms with Crippen LogP contribution in [-0.4, -0.2) is 83.4 Å². The van der Waals surface area contributed by atoms with Gasteiger partial charge in [-0.25, -0.2) is 4.99 Å². The summed E-state index contributed by atoms with van der Waals surface area (Å²) in [6.07, 6.45) is 8.72. The van der Waals surface area contributed by atoms with E-state index in [2.05, 4.69) is 20.4 Å². The van der Waals surface area contributed by atoms with Crippen LogP contribution in [0.4, 0.5) is 0 Å². The molecule has 9 heteroatoms. The summed E-state index contributed by atoms with van der Waals surface area (Å²) < 4.78 is 19.8. The van der Waals surface area contributed by atoms with Gasteiger partial charge in [0.1, 0.15) is 12.4 Å². The molecule has 0 radical (unpaired) electrons. The third kappa shape index (κ3) is 6.40. The van der Waals surface area contributed by atoms with Gasteiger partial charge in [-0.05, 0) is 51.9 Å². The topological polar surface area (TPSA) is 86.0 Å². The summed E-state index contributed by atoms with van der Waals surface area (Å²) >= 11 is 0. The Kier molecular flexibility index (Phi) is 8.15. The van der Waals surface area contributed by atoms with Gasteiger partial charge in [0.15, 0.2) is 11.8 Å². The maximum atomic E-state index is 6.19. The molecule has 4 rings (SSSR count). The molecule has 0 amide bonds. The van der Waals surface area contributed by atoms with E-state index < -0.39 is 0 Å². The van der Waals surface area contributed by atoms with Gasteiger partial charge in [0, 0.05) is 39.9 Å². The van der Waals surface area contributed by atoms with E-state index in [0.29, 0.717) is 12.6 Å². The van der Waals surface area contributed by atoms with E-state index in [4.69, 9.17) is 19.2 Å². The van der Waals surface area contributed by atoms with E-state index >= 15 is 0 Å². The Balaban J connectivity index is 1.30. The van der Waals surface area contributed by atoms with E-state index in [1.807, 2.05) is 18.5 Å². The number of aromatic nitrogens is 3. The molecule has 3 aliphatic heterocycles. The zero-order valence-corrected chi connectivity index (χ0v) is 19.1. The number of guanidine groups is 1. The summed E-state index contributed by atoms with van der Waals surface area (Å²) in [7, 11) is 1.98. The van der Waals surface area contributed by atoms with Crippen molar-refractivity contribution < 1.29 is 14.2 Å². The highest BCUT2D eigenvalue weighted by atomic mass is 16.5. The van der Waals surface area contributed by atoms with Gasteiger partial charge in [-0.1, -0.05) is 0 Å². The van der Waals surface area contributed by atoms with Gasteiger partial charge in [-0.3, -0.25) is 0 Å². The third-order valence-electron chi connectivity index (χ3n) is 6.60. The fourth-order valence-electron chi connectivity index (χ4n) is 4.43. The van der Waals surface area contributed by atoms with Crippen molar-refractivity contribution >= 4 is 5.96 Å². The van der Waals surface area contributed by atoms with Crippen molar-refractivity contribution in [2.75, 3.05) is 39.5 Å². The monoisotopic (exact) mass is 434 g/mol. The minimum absolute atomic E-state index is 0.277. The Morgan fingerprint density at radius 1 is 1.06 bits per heavy atom. The Hall–Kier alpha value is -1.71. The normalized spacial score (nSPS) is 25.9. The van der Waals surface area contributed by atoms with Crippen LogP contribution in [0, 0.1) is 6.92 Å². The lowest BCUT2D eigenvalue weighted by Crippen LogP contribution is -2.48. The molecule has 0 aromatic carbocycles. The molecular weight excluding hydrogens is 396 g/mol. The molecule has 0 spiro atoms. The lowest BCUT2D eigenvalue weighted by Gasteiger charge is -2.35. The van der Waals surface area contributed by atoms with Crippen LogP contribution in [-0.2, 0) is 27.8 Å². The average molecular weight is 435 g/mol. The van der Waals surface area contributed by atoms with Gasteiger partial charge in [-0.2, -0.15) is 0 Å². The van der Waals surface area contributed by atoms with Crippen molar-refractivity contribution in [3.05, 3.63) is 11.6 Å². The minimum Gasteiger partial charge on any atom is -0.376 e. The molecule has 1 aromatic heterocycles. The third-order valence-corrected chi connectivity index (χ3v) is 6.60. The summed E-state index contributed by atoms with van der Waals surface area (Å²) in [5, 5.41) is 12.0. The van der Waals surface area contributed by atoms with Crippen LogP contribution < -0.4 is 5.32 Å². The summed E-state index contributed by atoms with van der Waals surface area (Å²) in [5.74, 6) is 2.71. The molecule has 1 N–H and O–H groups in total. The van der Waals surface area contributed by atoms with Crippen molar-refractivity contribution in [2.45, 2.75) is 76.7 Å². The van der Waals surface area contributed by atoms with Crippen molar-refractivity contribution in [3.63, 3.8) is 0 Å². The molecule has 3 aliphatic rings. The summed E-state index contributed by atoms with van der Waals surface area (Å²) in [6.45, 7) is 7.62. The molecule has 2 atom stereocenters. The van der Waals surface area contributed by atoms with E-state index in [9.17, 15) is 0 Å². The minimum atomic E-state index is 0.277. The second kappa shape index (κ2) is 11.2. The molecule has 3 saturated heterocycles. The number of hydrogen-bond donors (Lipinski definition) is 1. The summed E-state index contributed by atoms with van der Waals surface area (Å²) in [6, 6.07) is 0. The first-order chi connectivity index (χ1) is 15.2. The number of nitrogens with one attached hydrogen (secondary N) is 1. The first kappa shape index (κ1) is 22.5. The second-order valence-electron chi connectivity index (χ2n) is 8.89. The number of likely N-dealkylation sites (tertiary alicyclic amines) is 1. The average Bonchev–Trinajstić information content (AvgIpc) is 3.44. The molecule has 2 unspecified atom stereocenters. The standard InChI is InChI=1S/C22H38N6O3/c1-17-25-26-21(27(17)2)15-24-22(23-14-19-7-5-13-29-19)28-10-8-18(9-11-28)31-16-20-6-3-4-12-30-20/h18-20H,3-16H2,1-2H3,(H,23,24). The first-order valence-electron chi connectivity index (χ1n) is 11.9. The van der Waals surface area contributed by atoms with Gasteiger partial charge in [0.05, 0.1) is 24.9 Å². The zero-order valence-electron chi connectivity index (χ0n) is 19.1. The van der Waals surface area contributed by atoms with Crippen LogP contribution in [0.25, 0.3) is 0 Å². The predicted octanol–water partition coefficient (Wildman–Crippen LogP) is 1.80. The Morgan fingerprint density at radius 3 is 2.52 bits per heavy atom. The van der Waals surface area contributed by atoms with Crippen LogP contribution >= 0.6 is 0 Å². The van der Waals surface area contributed by atoms with Crippen LogP contribution in [0.2, 0.25) is 0 Å². The van der Waals surface area contributed by atoms with E-state index in [0.717, 1.165) is 89.2 Å². The van der Waals surface area contributed by atoms with Gasteiger partial charge in [0.2, 0.25) is 0 Å². The molecule has 9 nitrogen and oxygen atoms in total. The highest BCUT2D eigenvalue weighted by molar-refractivity contribution is 5.80. The molecule has 174 valence electrons. The molecule has 4 heterocycles. The van der Waals surface area contributed by atoms with Crippen molar-refractivity contribution in [2.24, 2.45) is 12.0 Å². The Labute approximate surface area is 185 Å². The Bertz CT molecular complexity index is 704. The lowest BCUT2D eigenvalue weighted by atomic mass is 10.1. The molecular formula is C22H38N6O3. The van der Waals surface area contributed by atoms with Crippen LogP contribution in [0.15, 0.2) is 4.99 Å². The van der Waals surface area contributed by atoms with Gasteiger partial charge in [0.25, 0.3) is 0 Å². The van der Waals surface area contributed by atoms with Crippen molar-refractivity contribution in [3.8, 4) is 0 Å². The van der Waals surface area contributed by atoms with Crippen molar-refractivity contribution in [1.29, 1.82) is 0 Å². The Morgan fingerprint density at radius 2 is 1.84 bits per heavy atom. The second-order valence-corrected chi connectivity index (χ2v) is 8.89. The maximum Gasteiger partial charge on any atom is 0.194 e. The van der Waals surface area contributed by atoms with E-state index in [1.165, 1.54) is 12.8 Å². The van der Waals surface area contributed by atoms with E-state index in [1.54, 1.807) is 0 Å². The van der Waals surface area contributed by atoms with E-state index in [-0.39, 0.29) is 12.2 Å². The van der Waals surface area contributed by atoms with Gasteiger partial charge in [-0.15, -0.1) is 10.2 Å². The highest BCUT2D eigenvalue weighted by Crippen LogP contribution is 2.18. The molecule has 0 saturated carbocycles. The quantitative estimate of drug-likeness (QED) is 0.517. The lowest BCUT2D eigenvalue weighted by molar-refractivity contribution is -0.0721. The number of hydrogen-bond acceptors (Lipinski definition) is 6. The largest absolute Gasteiger partial charge is 0.376 e. The fraction of sp³-hybridized carbons (Fsp3) is 0.864. The van der Waals surface area contributed by atoms with Gasteiger partial charge < -0.3 is 29.0 Å². The molecule has 31 heavy (non-hydrogen) atoms.